The molecule has 0 aromatic heterocycles. The summed E-state index contributed by atoms with van der Waals surface area (Å²) < 4.78 is 0. The van der Waals surface area contributed by atoms with E-state index in [0.29, 0.717) is 24.0 Å². The van der Waals surface area contributed by atoms with Gasteiger partial charge in [-0.25, -0.2) is 0 Å². The molecule has 8 nitrogen and oxygen atoms in total. The molecule has 34 heavy (non-hydrogen) atoms. The van der Waals surface area contributed by atoms with Gasteiger partial charge in [0.15, 0.2) is 34.7 Å². The molecule has 1 aromatic rings. The van der Waals surface area contributed by atoms with E-state index in [2.05, 4.69) is 0 Å². The third-order valence-electron chi connectivity index (χ3n) is 8.13. The number of benzene rings is 1. The summed E-state index contributed by atoms with van der Waals surface area (Å²) in [6.07, 6.45) is 1.71. The lowest BCUT2D eigenvalue weighted by molar-refractivity contribution is -0.182. The first kappa shape index (κ1) is 24.3. The standard InChI is InChI=1S/C26H31NO7/c1-5-6-12-7-11(4)14-8-13-9-15-16(10(2)3)21(29)19(25(27)33)24(32)26(15,34)23(31)17(13)22(30)18(14)20(12)28/h7,10,13,15-17,19,28,34H,5-6,8-9H2,1-4H3,(H2,27,33)/t13-,15-,16-,17?,19?,26-/m0/s1. The molecule has 4 rings (SSSR count). The first-order valence-electron chi connectivity index (χ1n) is 11.9. The Balaban J connectivity index is 1.87. The van der Waals surface area contributed by atoms with E-state index < -0.39 is 64.2 Å². The highest BCUT2D eigenvalue weighted by Gasteiger charge is 2.69. The summed E-state index contributed by atoms with van der Waals surface area (Å²) >= 11 is 0. The maximum Gasteiger partial charge on any atom is 0.235 e. The highest BCUT2D eigenvalue weighted by molar-refractivity contribution is 6.31. The second-order valence-corrected chi connectivity index (χ2v) is 10.5. The maximum atomic E-state index is 13.8. The number of hydrogen-bond acceptors (Lipinski definition) is 7. The summed E-state index contributed by atoms with van der Waals surface area (Å²) in [4.78, 5) is 65.8. The van der Waals surface area contributed by atoms with E-state index in [4.69, 9.17) is 5.73 Å². The number of carbonyl (C=O) groups excluding carboxylic acids is 5. The Morgan fingerprint density at radius 3 is 2.41 bits per heavy atom. The Kier molecular flexibility index (Phi) is 5.79. The summed E-state index contributed by atoms with van der Waals surface area (Å²) in [5.74, 6) is -11.0. The van der Waals surface area contributed by atoms with E-state index in [9.17, 15) is 34.2 Å². The van der Waals surface area contributed by atoms with Gasteiger partial charge < -0.3 is 15.9 Å². The molecule has 8 heteroatoms. The fourth-order valence-electron chi connectivity index (χ4n) is 6.64. The minimum atomic E-state index is -2.65. The normalized spacial score (nSPS) is 32.9. The second-order valence-electron chi connectivity index (χ2n) is 10.5. The van der Waals surface area contributed by atoms with Crippen LogP contribution >= 0.6 is 0 Å². The SMILES string of the molecule is CCCc1cc(C)c2c(c1O)C(=O)C1C(=O)[C@]3(O)C(=O)C(C(N)=O)C(=O)[C@@H](C(C)C)[C@@H]3C[C@@H]1C2. The second kappa shape index (κ2) is 8.12. The van der Waals surface area contributed by atoms with Crippen molar-refractivity contribution in [3.8, 4) is 5.75 Å². The smallest absolute Gasteiger partial charge is 0.235 e. The van der Waals surface area contributed by atoms with Crippen molar-refractivity contribution in [2.24, 2.45) is 41.2 Å². The number of phenolic OH excluding ortho intramolecular Hbond substituents is 1. The Labute approximate surface area is 197 Å². The van der Waals surface area contributed by atoms with Crippen LogP contribution < -0.4 is 5.73 Å². The Morgan fingerprint density at radius 1 is 1.21 bits per heavy atom. The molecule has 0 saturated heterocycles. The van der Waals surface area contributed by atoms with E-state index in [0.717, 1.165) is 12.0 Å². The molecule has 0 radical (unpaired) electrons. The maximum absolute atomic E-state index is 13.8. The number of hydrogen-bond donors (Lipinski definition) is 3. The number of primary amides is 1. The zero-order valence-corrected chi connectivity index (χ0v) is 19.9. The number of aromatic hydroxyl groups is 1. The van der Waals surface area contributed by atoms with Gasteiger partial charge in [0.05, 0.1) is 11.5 Å². The van der Waals surface area contributed by atoms with Crippen LogP contribution in [0.1, 0.15) is 60.7 Å². The molecule has 0 heterocycles. The van der Waals surface area contributed by atoms with Crippen LogP contribution in [-0.2, 0) is 32.0 Å². The molecule has 182 valence electrons. The van der Waals surface area contributed by atoms with Gasteiger partial charge in [-0.15, -0.1) is 0 Å². The van der Waals surface area contributed by atoms with Crippen molar-refractivity contribution >= 4 is 29.0 Å². The number of carbonyl (C=O) groups is 5. The van der Waals surface area contributed by atoms with Crippen molar-refractivity contribution in [1.29, 1.82) is 0 Å². The van der Waals surface area contributed by atoms with Gasteiger partial charge in [0.2, 0.25) is 5.91 Å². The third-order valence-corrected chi connectivity index (χ3v) is 8.13. The van der Waals surface area contributed by atoms with Crippen molar-refractivity contribution in [3.63, 3.8) is 0 Å². The van der Waals surface area contributed by atoms with E-state index in [1.54, 1.807) is 13.8 Å². The molecule has 2 fully saturated rings. The van der Waals surface area contributed by atoms with Crippen LogP contribution in [0.3, 0.4) is 0 Å². The molecule has 2 saturated carbocycles. The predicted octanol–water partition coefficient (Wildman–Crippen LogP) is 1.47. The molecule has 4 N–H and O–H groups in total. The van der Waals surface area contributed by atoms with Crippen molar-refractivity contribution < 1.29 is 34.2 Å². The molecule has 0 spiro atoms. The van der Waals surface area contributed by atoms with Gasteiger partial charge in [-0.1, -0.05) is 33.3 Å². The fraction of sp³-hybridized carbons (Fsp3) is 0.577. The highest BCUT2D eigenvalue weighted by atomic mass is 16.3. The Hall–Kier alpha value is -2.87. The molecule has 1 aromatic carbocycles. The number of aliphatic hydroxyl groups is 1. The monoisotopic (exact) mass is 469 g/mol. The highest BCUT2D eigenvalue weighted by Crippen LogP contribution is 2.53. The number of aryl methyl sites for hydroxylation is 2. The summed E-state index contributed by atoms with van der Waals surface area (Å²) in [5.41, 5.74) is 4.87. The predicted molar refractivity (Wildman–Crippen MR) is 121 cm³/mol. The van der Waals surface area contributed by atoms with Gasteiger partial charge >= 0.3 is 0 Å². The molecule has 0 aliphatic heterocycles. The fourth-order valence-corrected chi connectivity index (χ4v) is 6.64. The summed E-state index contributed by atoms with van der Waals surface area (Å²) in [6, 6.07) is 1.86. The van der Waals surface area contributed by atoms with Crippen LogP contribution in [0.5, 0.6) is 5.75 Å². The molecule has 2 unspecified atom stereocenters. The number of ketones is 4. The van der Waals surface area contributed by atoms with Crippen molar-refractivity contribution in [2.75, 3.05) is 0 Å². The molecule has 3 aliphatic rings. The van der Waals surface area contributed by atoms with Gasteiger partial charge in [0.1, 0.15) is 5.75 Å². The minimum Gasteiger partial charge on any atom is -0.507 e. The van der Waals surface area contributed by atoms with Crippen molar-refractivity contribution in [2.45, 2.75) is 59.0 Å². The average molecular weight is 470 g/mol. The molecule has 6 atom stereocenters. The van der Waals surface area contributed by atoms with Gasteiger partial charge in [-0.2, -0.15) is 0 Å². The van der Waals surface area contributed by atoms with E-state index in [1.165, 1.54) is 0 Å². The number of phenols is 1. The number of amides is 1. The van der Waals surface area contributed by atoms with Gasteiger partial charge in [0, 0.05) is 11.8 Å². The summed E-state index contributed by atoms with van der Waals surface area (Å²) in [5, 5.41) is 22.5. The van der Waals surface area contributed by atoms with Crippen molar-refractivity contribution in [1.82, 2.24) is 0 Å². The number of Topliss-reactive ketones (excluding diaryl/α,β-unsaturated/α-hetero) is 4. The number of fused-ring (bicyclic) bond motifs is 3. The lowest BCUT2D eigenvalue weighted by atomic mass is 9.49. The third kappa shape index (κ3) is 3.11. The van der Waals surface area contributed by atoms with Crippen LogP contribution in [0, 0.1) is 42.4 Å². The van der Waals surface area contributed by atoms with Crippen LogP contribution in [0.25, 0.3) is 0 Å². The van der Waals surface area contributed by atoms with E-state index in [1.807, 2.05) is 19.9 Å². The lowest BCUT2D eigenvalue weighted by Gasteiger charge is -2.52. The zero-order chi connectivity index (χ0) is 25.3. The van der Waals surface area contributed by atoms with E-state index in [-0.39, 0.29) is 23.7 Å². The average Bonchev–Trinajstić information content (AvgIpc) is 2.74. The summed E-state index contributed by atoms with van der Waals surface area (Å²) in [6.45, 7) is 7.26. The van der Waals surface area contributed by atoms with E-state index >= 15 is 0 Å². The summed E-state index contributed by atoms with van der Waals surface area (Å²) in [7, 11) is 0. The van der Waals surface area contributed by atoms with Crippen LogP contribution in [0.4, 0.5) is 0 Å². The molecule has 0 bridgehead atoms. The van der Waals surface area contributed by atoms with Gasteiger partial charge in [0.25, 0.3) is 0 Å². The van der Waals surface area contributed by atoms with Gasteiger partial charge in [-0.3, -0.25) is 24.0 Å². The van der Waals surface area contributed by atoms with Crippen LogP contribution in [0.2, 0.25) is 0 Å². The number of rotatable bonds is 4. The molecule has 1 amide bonds. The first-order valence-corrected chi connectivity index (χ1v) is 11.9. The van der Waals surface area contributed by atoms with Crippen molar-refractivity contribution in [3.05, 3.63) is 28.3 Å². The topological polar surface area (TPSA) is 152 Å². The lowest BCUT2D eigenvalue weighted by Crippen LogP contribution is -2.71. The minimum absolute atomic E-state index is 0.0753. The molecule has 3 aliphatic carbocycles. The molecular formula is C26H31NO7. The zero-order valence-electron chi connectivity index (χ0n) is 19.9. The first-order chi connectivity index (χ1) is 15.9. The molecular weight excluding hydrogens is 438 g/mol. The quantitative estimate of drug-likeness (QED) is 0.565. The van der Waals surface area contributed by atoms with Gasteiger partial charge in [-0.05, 0) is 54.7 Å². The largest absolute Gasteiger partial charge is 0.507 e. The van der Waals surface area contributed by atoms with Crippen LogP contribution in [-0.4, -0.2) is 44.9 Å². The Morgan fingerprint density at radius 2 is 1.85 bits per heavy atom. The van der Waals surface area contributed by atoms with Crippen LogP contribution in [0.15, 0.2) is 6.07 Å². The number of nitrogens with two attached hydrogens (primary N) is 1. The Bertz CT molecular complexity index is 1140.